The molecule has 1 aliphatic heterocycles. The Bertz CT molecular complexity index is 977. The Morgan fingerprint density at radius 3 is 2.84 bits per heavy atom. The molecule has 2 aliphatic rings. The van der Waals surface area contributed by atoms with Crippen molar-refractivity contribution in [2.75, 3.05) is 20.2 Å². The average molecular weight is 500 g/mol. The molecule has 1 aliphatic carbocycles. The molecule has 2 fully saturated rings. The Hall–Kier alpha value is -2.31. The quantitative estimate of drug-likeness (QED) is 0.554. The SMILES string of the molecule is COc1cc(/C=C/C(=O)N2CC[C@@]3(O)CCCC[C@H]3C2)cc(Br)c1OCc1ccccc1. The predicted molar refractivity (Wildman–Crippen MR) is 129 cm³/mol. The summed E-state index contributed by atoms with van der Waals surface area (Å²) in [5, 5.41) is 10.8. The van der Waals surface area contributed by atoms with E-state index in [2.05, 4.69) is 15.9 Å². The number of hydrogen-bond acceptors (Lipinski definition) is 4. The number of methoxy groups -OCH3 is 1. The molecule has 1 amide bonds. The highest BCUT2D eigenvalue weighted by Crippen LogP contribution is 2.40. The molecule has 1 saturated carbocycles. The summed E-state index contributed by atoms with van der Waals surface area (Å²) in [5.41, 5.74) is 1.34. The van der Waals surface area contributed by atoms with E-state index in [1.807, 2.05) is 47.4 Å². The fourth-order valence-corrected chi connectivity index (χ4v) is 5.32. The lowest BCUT2D eigenvalue weighted by atomic mass is 9.71. The number of carbonyl (C=O) groups is 1. The number of benzene rings is 2. The predicted octanol–water partition coefficient (Wildman–Crippen LogP) is 5.20. The van der Waals surface area contributed by atoms with Crippen LogP contribution in [0, 0.1) is 5.92 Å². The van der Waals surface area contributed by atoms with Gasteiger partial charge in [-0.25, -0.2) is 0 Å². The number of nitrogens with zero attached hydrogens (tertiary/aromatic N) is 1. The van der Waals surface area contributed by atoms with Crippen LogP contribution in [0.15, 0.2) is 53.0 Å². The van der Waals surface area contributed by atoms with Gasteiger partial charge in [0.15, 0.2) is 11.5 Å². The van der Waals surface area contributed by atoms with Gasteiger partial charge in [0, 0.05) is 25.1 Å². The second-order valence-corrected chi connectivity index (χ2v) is 9.58. The van der Waals surface area contributed by atoms with Gasteiger partial charge in [-0.1, -0.05) is 43.2 Å². The Labute approximate surface area is 198 Å². The summed E-state index contributed by atoms with van der Waals surface area (Å²) in [4.78, 5) is 14.7. The molecule has 32 heavy (non-hydrogen) atoms. The topological polar surface area (TPSA) is 59.0 Å². The maximum atomic E-state index is 12.8. The maximum absolute atomic E-state index is 12.8. The molecule has 5 nitrogen and oxygen atoms in total. The van der Waals surface area contributed by atoms with Crippen molar-refractivity contribution in [2.24, 2.45) is 5.92 Å². The molecule has 0 radical (unpaired) electrons. The molecule has 2 aromatic carbocycles. The molecule has 0 bridgehead atoms. The van der Waals surface area contributed by atoms with E-state index in [0.29, 0.717) is 37.6 Å². The van der Waals surface area contributed by atoms with Gasteiger partial charge in [0.05, 0.1) is 17.2 Å². The van der Waals surface area contributed by atoms with Crippen molar-refractivity contribution in [3.63, 3.8) is 0 Å². The smallest absolute Gasteiger partial charge is 0.246 e. The average Bonchev–Trinajstić information content (AvgIpc) is 2.81. The standard InChI is InChI=1S/C26H30BrNO4/c1-31-23-16-20(15-22(27)25(23)32-18-19-7-3-2-4-8-19)10-11-24(29)28-14-13-26(30)12-6-5-9-21(26)17-28/h2-4,7-8,10-11,15-16,21,30H,5-6,9,12-14,17-18H2,1H3/b11-10+/t21-,26-/m0/s1. The summed E-state index contributed by atoms with van der Waals surface area (Å²) in [7, 11) is 1.61. The van der Waals surface area contributed by atoms with Crippen LogP contribution in [0.5, 0.6) is 11.5 Å². The highest BCUT2D eigenvalue weighted by molar-refractivity contribution is 9.10. The minimum atomic E-state index is -0.577. The van der Waals surface area contributed by atoms with E-state index >= 15 is 0 Å². The second kappa shape index (κ2) is 10.1. The van der Waals surface area contributed by atoms with Gasteiger partial charge in [0.1, 0.15) is 6.61 Å². The van der Waals surface area contributed by atoms with E-state index in [4.69, 9.17) is 9.47 Å². The van der Waals surface area contributed by atoms with Crippen LogP contribution in [0.25, 0.3) is 6.08 Å². The number of piperidine rings is 1. The Balaban J connectivity index is 1.42. The van der Waals surface area contributed by atoms with E-state index < -0.39 is 5.60 Å². The van der Waals surface area contributed by atoms with Crippen LogP contribution in [0.3, 0.4) is 0 Å². The van der Waals surface area contributed by atoms with Crippen LogP contribution in [0.4, 0.5) is 0 Å². The molecule has 0 spiro atoms. The van der Waals surface area contributed by atoms with Gasteiger partial charge in [-0.2, -0.15) is 0 Å². The molecule has 2 aromatic rings. The number of aliphatic hydroxyl groups is 1. The maximum Gasteiger partial charge on any atom is 0.246 e. The first-order valence-corrected chi connectivity index (χ1v) is 12.0. The lowest BCUT2D eigenvalue weighted by molar-refractivity contribution is -0.138. The van der Waals surface area contributed by atoms with Crippen LogP contribution in [-0.4, -0.2) is 41.7 Å². The Kier molecular flexibility index (Phi) is 7.21. The van der Waals surface area contributed by atoms with E-state index in [1.165, 1.54) is 0 Å². The van der Waals surface area contributed by atoms with E-state index in [9.17, 15) is 9.90 Å². The zero-order valence-electron chi connectivity index (χ0n) is 18.4. The zero-order chi connectivity index (χ0) is 22.6. The van der Waals surface area contributed by atoms with Gasteiger partial charge < -0.3 is 19.5 Å². The number of ether oxygens (including phenoxy) is 2. The van der Waals surface area contributed by atoms with Crippen LogP contribution in [-0.2, 0) is 11.4 Å². The van der Waals surface area contributed by atoms with Gasteiger partial charge in [-0.05, 0) is 64.5 Å². The molecule has 4 rings (SSSR count). The summed E-state index contributed by atoms with van der Waals surface area (Å²) >= 11 is 3.58. The number of halogens is 1. The van der Waals surface area contributed by atoms with Crippen molar-refractivity contribution in [1.82, 2.24) is 4.90 Å². The fraction of sp³-hybridized carbons (Fsp3) is 0.423. The normalized spacial score (nSPS) is 23.1. The third-order valence-corrected chi connectivity index (χ3v) is 7.22. The number of likely N-dealkylation sites (tertiary alicyclic amines) is 1. The highest BCUT2D eigenvalue weighted by Gasteiger charge is 2.43. The Morgan fingerprint density at radius 1 is 1.25 bits per heavy atom. The van der Waals surface area contributed by atoms with Crippen LogP contribution in [0.1, 0.15) is 43.2 Å². The number of amides is 1. The van der Waals surface area contributed by atoms with Crippen molar-refractivity contribution in [3.05, 3.63) is 64.1 Å². The molecule has 1 N–H and O–H groups in total. The molecule has 6 heteroatoms. The molecule has 1 saturated heterocycles. The van der Waals surface area contributed by atoms with Gasteiger partial charge in [0.2, 0.25) is 5.91 Å². The fourth-order valence-electron chi connectivity index (χ4n) is 4.75. The monoisotopic (exact) mass is 499 g/mol. The minimum absolute atomic E-state index is 0.0166. The van der Waals surface area contributed by atoms with Crippen molar-refractivity contribution in [1.29, 1.82) is 0 Å². The van der Waals surface area contributed by atoms with Crippen LogP contribution in [0.2, 0.25) is 0 Å². The van der Waals surface area contributed by atoms with E-state index in [0.717, 1.165) is 41.3 Å². The second-order valence-electron chi connectivity index (χ2n) is 8.72. The van der Waals surface area contributed by atoms with E-state index in [1.54, 1.807) is 19.3 Å². The number of fused-ring (bicyclic) bond motifs is 1. The van der Waals surface area contributed by atoms with Gasteiger partial charge in [-0.3, -0.25) is 4.79 Å². The Morgan fingerprint density at radius 2 is 2.06 bits per heavy atom. The van der Waals surface area contributed by atoms with Crippen LogP contribution >= 0.6 is 15.9 Å². The van der Waals surface area contributed by atoms with Crippen LogP contribution < -0.4 is 9.47 Å². The largest absolute Gasteiger partial charge is 0.493 e. The number of hydrogen-bond donors (Lipinski definition) is 1. The number of carbonyl (C=O) groups excluding carboxylic acids is 1. The van der Waals surface area contributed by atoms with Gasteiger partial charge in [0.25, 0.3) is 0 Å². The highest BCUT2D eigenvalue weighted by atomic mass is 79.9. The lowest BCUT2D eigenvalue weighted by Crippen LogP contribution is -2.54. The molecule has 1 heterocycles. The summed E-state index contributed by atoms with van der Waals surface area (Å²) in [6.45, 7) is 1.68. The first-order chi connectivity index (χ1) is 15.5. The molecule has 2 atom stereocenters. The summed E-state index contributed by atoms with van der Waals surface area (Å²) < 4.78 is 12.3. The zero-order valence-corrected chi connectivity index (χ0v) is 20.0. The molecule has 170 valence electrons. The first kappa shape index (κ1) is 22.9. The summed E-state index contributed by atoms with van der Waals surface area (Å²) in [6.07, 6.45) is 8.17. The van der Waals surface area contributed by atoms with Crippen molar-refractivity contribution < 1.29 is 19.4 Å². The minimum Gasteiger partial charge on any atom is -0.493 e. The van der Waals surface area contributed by atoms with E-state index in [-0.39, 0.29) is 11.8 Å². The lowest BCUT2D eigenvalue weighted by Gasteiger charge is -2.47. The summed E-state index contributed by atoms with van der Waals surface area (Å²) in [6, 6.07) is 13.7. The third-order valence-electron chi connectivity index (χ3n) is 6.64. The molecule has 0 aromatic heterocycles. The molecular weight excluding hydrogens is 470 g/mol. The third kappa shape index (κ3) is 5.18. The van der Waals surface area contributed by atoms with Gasteiger partial charge >= 0.3 is 0 Å². The summed E-state index contributed by atoms with van der Waals surface area (Å²) in [5.74, 6) is 1.41. The van der Waals surface area contributed by atoms with Gasteiger partial charge in [-0.15, -0.1) is 0 Å². The van der Waals surface area contributed by atoms with Crippen molar-refractivity contribution in [2.45, 2.75) is 44.3 Å². The molecular formula is C26H30BrNO4. The first-order valence-electron chi connectivity index (χ1n) is 11.2. The number of rotatable bonds is 6. The molecule has 0 unspecified atom stereocenters. The van der Waals surface area contributed by atoms with Crippen molar-refractivity contribution >= 4 is 27.9 Å². The van der Waals surface area contributed by atoms with Crippen molar-refractivity contribution in [3.8, 4) is 11.5 Å².